The van der Waals surface area contributed by atoms with E-state index in [1.54, 1.807) is 24.1 Å². The molecule has 1 aliphatic rings. The summed E-state index contributed by atoms with van der Waals surface area (Å²) < 4.78 is 10.9. The number of methoxy groups -OCH3 is 1. The molecule has 2 N–H and O–H groups in total. The summed E-state index contributed by atoms with van der Waals surface area (Å²) in [5, 5.41) is 13.3. The smallest absolute Gasteiger partial charge is 0.244 e. The molecule has 3 rings (SSSR count). The third kappa shape index (κ3) is 6.21. The van der Waals surface area contributed by atoms with E-state index in [4.69, 9.17) is 9.47 Å². The van der Waals surface area contributed by atoms with Crippen LogP contribution in [0.25, 0.3) is 0 Å². The lowest BCUT2D eigenvalue weighted by atomic mass is 10.1. The van der Waals surface area contributed by atoms with Crippen molar-refractivity contribution in [3.05, 3.63) is 53.6 Å². The Morgan fingerprint density at radius 3 is 2.44 bits per heavy atom. The van der Waals surface area contributed by atoms with Crippen LogP contribution in [0.5, 0.6) is 11.5 Å². The summed E-state index contributed by atoms with van der Waals surface area (Å²) in [5.74, 6) is 0.813. The van der Waals surface area contributed by atoms with Crippen LogP contribution in [0.2, 0.25) is 0 Å². The van der Waals surface area contributed by atoms with Gasteiger partial charge >= 0.3 is 0 Å². The van der Waals surface area contributed by atoms with Gasteiger partial charge < -0.3 is 24.8 Å². The van der Waals surface area contributed by atoms with Crippen LogP contribution in [-0.2, 0) is 9.59 Å². The molecule has 8 nitrogen and oxygen atoms in total. The number of nitrogens with zero attached hydrogens (tertiary/aromatic N) is 2. The van der Waals surface area contributed by atoms with Gasteiger partial charge in [-0.2, -0.15) is 0 Å². The standard InChI is InChI=1S/C24H31N3O5/c1-17-7-6-8-18(2)24(17)25-22(29)14-27-12-11-26(15-23(27)30)13-19(28)16-32-21-10-5-4-9-20(21)31-3/h4-10,19,28H,11-16H2,1-3H3,(H,25,29). The third-order valence-electron chi connectivity index (χ3n) is 5.45. The number of carbonyl (C=O) groups excluding carboxylic acids is 2. The highest BCUT2D eigenvalue weighted by atomic mass is 16.5. The predicted molar refractivity (Wildman–Crippen MR) is 122 cm³/mol. The fraction of sp³-hybridized carbons (Fsp3) is 0.417. The number of aliphatic hydroxyl groups is 1. The summed E-state index contributed by atoms with van der Waals surface area (Å²) in [6.45, 7) is 5.46. The van der Waals surface area contributed by atoms with Crippen molar-refractivity contribution < 1.29 is 24.2 Å². The van der Waals surface area contributed by atoms with Gasteiger partial charge in [-0.15, -0.1) is 0 Å². The second-order valence-corrected chi connectivity index (χ2v) is 7.98. The van der Waals surface area contributed by atoms with E-state index in [-0.39, 0.29) is 31.5 Å². The zero-order chi connectivity index (χ0) is 23.1. The largest absolute Gasteiger partial charge is 0.493 e. The number of piperazine rings is 1. The maximum Gasteiger partial charge on any atom is 0.244 e. The van der Waals surface area contributed by atoms with Gasteiger partial charge in [0.05, 0.1) is 20.2 Å². The highest BCUT2D eigenvalue weighted by molar-refractivity contribution is 5.96. The van der Waals surface area contributed by atoms with E-state index < -0.39 is 6.10 Å². The number of ether oxygens (including phenoxy) is 2. The Balaban J connectivity index is 1.44. The maximum absolute atomic E-state index is 12.5. The highest BCUT2D eigenvalue weighted by Gasteiger charge is 2.27. The van der Waals surface area contributed by atoms with Gasteiger partial charge in [0.15, 0.2) is 11.5 Å². The molecule has 2 aromatic carbocycles. The van der Waals surface area contributed by atoms with Crippen molar-refractivity contribution in [1.29, 1.82) is 0 Å². The number of amides is 2. The van der Waals surface area contributed by atoms with Crippen LogP contribution in [0, 0.1) is 13.8 Å². The number of hydrogen-bond donors (Lipinski definition) is 2. The molecule has 1 saturated heterocycles. The van der Waals surface area contributed by atoms with Crippen LogP contribution in [-0.4, -0.2) is 79.3 Å². The molecule has 0 saturated carbocycles. The number of aliphatic hydroxyl groups excluding tert-OH is 1. The summed E-state index contributed by atoms with van der Waals surface area (Å²) in [4.78, 5) is 28.4. The SMILES string of the molecule is COc1ccccc1OCC(O)CN1CCN(CC(=O)Nc2c(C)cccc2C)C(=O)C1. The van der Waals surface area contributed by atoms with Crippen molar-refractivity contribution in [3.63, 3.8) is 0 Å². The molecule has 2 amide bonds. The van der Waals surface area contributed by atoms with Gasteiger partial charge in [0.1, 0.15) is 12.7 Å². The Kier molecular flexibility index (Phi) is 8.08. The minimum absolute atomic E-state index is 0.0138. The van der Waals surface area contributed by atoms with E-state index in [1.165, 1.54) is 0 Å². The summed E-state index contributed by atoms with van der Waals surface area (Å²) in [6.07, 6.45) is -0.758. The number of para-hydroxylation sites is 3. The zero-order valence-corrected chi connectivity index (χ0v) is 18.8. The molecule has 1 heterocycles. The van der Waals surface area contributed by atoms with E-state index in [1.807, 2.05) is 49.1 Å². The Labute approximate surface area is 188 Å². The Morgan fingerprint density at radius 1 is 1.09 bits per heavy atom. The average Bonchev–Trinajstić information content (AvgIpc) is 2.77. The summed E-state index contributed by atoms with van der Waals surface area (Å²) in [6, 6.07) is 13.1. The molecular formula is C24H31N3O5. The van der Waals surface area contributed by atoms with E-state index in [2.05, 4.69) is 5.32 Å². The van der Waals surface area contributed by atoms with E-state index in [0.717, 1.165) is 16.8 Å². The average molecular weight is 442 g/mol. The van der Waals surface area contributed by atoms with Crippen LogP contribution >= 0.6 is 0 Å². The van der Waals surface area contributed by atoms with Crippen molar-refractivity contribution >= 4 is 17.5 Å². The Hall–Kier alpha value is -3.10. The lowest BCUT2D eigenvalue weighted by Gasteiger charge is -2.34. The predicted octanol–water partition coefficient (Wildman–Crippen LogP) is 1.83. The third-order valence-corrected chi connectivity index (χ3v) is 5.45. The molecule has 32 heavy (non-hydrogen) atoms. The van der Waals surface area contributed by atoms with Gasteiger partial charge in [-0.3, -0.25) is 14.5 Å². The number of anilines is 1. The van der Waals surface area contributed by atoms with Crippen LogP contribution in [0.1, 0.15) is 11.1 Å². The van der Waals surface area contributed by atoms with E-state index in [9.17, 15) is 14.7 Å². The molecule has 0 aliphatic carbocycles. The second kappa shape index (κ2) is 11.0. The molecule has 1 atom stereocenters. The lowest BCUT2D eigenvalue weighted by molar-refractivity contribution is -0.139. The first kappa shape index (κ1) is 23.6. The van der Waals surface area contributed by atoms with Gasteiger partial charge in [-0.25, -0.2) is 0 Å². The van der Waals surface area contributed by atoms with Gasteiger partial charge in [0.25, 0.3) is 0 Å². The number of benzene rings is 2. The van der Waals surface area contributed by atoms with Crippen molar-refractivity contribution in [2.45, 2.75) is 20.0 Å². The summed E-state index contributed by atoms with van der Waals surface area (Å²) >= 11 is 0. The first-order valence-corrected chi connectivity index (χ1v) is 10.7. The quantitative estimate of drug-likeness (QED) is 0.617. The van der Waals surface area contributed by atoms with Crippen LogP contribution in [0.3, 0.4) is 0 Å². The van der Waals surface area contributed by atoms with Crippen molar-refractivity contribution in [3.8, 4) is 11.5 Å². The van der Waals surface area contributed by atoms with Crippen molar-refractivity contribution in [1.82, 2.24) is 9.80 Å². The summed E-state index contributed by atoms with van der Waals surface area (Å²) in [5.41, 5.74) is 2.76. The topological polar surface area (TPSA) is 91.3 Å². The van der Waals surface area contributed by atoms with Crippen molar-refractivity contribution in [2.24, 2.45) is 0 Å². The number of aryl methyl sites for hydroxylation is 2. The number of nitrogens with one attached hydrogen (secondary N) is 1. The molecular weight excluding hydrogens is 410 g/mol. The van der Waals surface area contributed by atoms with Crippen molar-refractivity contribution in [2.75, 3.05) is 51.8 Å². The van der Waals surface area contributed by atoms with Gasteiger partial charge in [-0.05, 0) is 37.1 Å². The molecule has 172 valence electrons. The Morgan fingerprint density at radius 2 is 1.78 bits per heavy atom. The van der Waals surface area contributed by atoms with Gasteiger partial charge in [0, 0.05) is 25.3 Å². The number of hydrogen-bond acceptors (Lipinski definition) is 6. The first-order chi connectivity index (χ1) is 15.4. The van der Waals surface area contributed by atoms with Gasteiger partial charge in [-0.1, -0.05) is 30.3 Å². The molecule has 0 spiro atoms. The summed E-state index contributed by atoms with van der Waals surface area (Å²) in [7, 11) is 1.56. The number of β-amino-alcohol motifs (C(OH)–C–C–N with tert-alkyl or cyclic N) is 1. The highest BCUT2D eigenvalue weighted by Crippen LogP contribution is 2.25. The molecule has 0 radical (unpaired) electrons. The molecule has 2 aromatic rings. The maximum atomic E-state index is 12.5. The molecule has 1 unspecified atom stereocenters. The zero-order valence-electron chi connectivity index (χ0n) is 18.8. The first-order valence-electron chi connectivity index (χ1n) is 10.7. The minimum Gasteiger partial charge on any atom is -0.493 e. The molecule has 1 fully saturated rings. The number of carbonyl (C=O) groups is 2. The van der Waals surface area contributed by atoms with E-state index in [0.29, 0.717) is 31.1 Å². The molecule has 0 aromatic heterocycles. The molecule has 1 aliphatic heterocycles. The molecule has 0 bridgehead atoms. The molecule has 8 heteroatoms. The second-order valence-electron chi connectivity index (χ2n) is 7.98. The number of rotatable bonds is 9. The van der Waals surface area contributed by atoms with Crippen LogP contribution < -0.4 is 14.8 Å². The normalized spacial score (nSPS) is 15.4. The van der Waals surface area contributed by atoms with Gasteiger partial charge in [0.2, 0.25) is 11.8 Å². The fourth-order valence-electron chi connectivity index (χ4n) is 3.72. The van der Waals surface area contributed by atoms with Crippen LogP contribution in [0.15, 0.2) is 42.5 Å². The lowest BCUT2D eigenvalue weighted by Crippen LogP contribution is -2.54. The monoisotopic (exact) mass is 441 g/mol. The Bertz CT molecular complexity index is 929. The minimum atomic E-state index is -0.758. The fourth-order valence-corrected chi connectivity index (χ4v) is 3.72. The van der Waals surface area contributed by atoms with Crippen LogP contribution in [0.4, 0.5) is 5.69 Å². The van der Waals surface area contributed by atoms with E-state index >= 15 is 0 Å².